The van der Waals surface area contributed by atoms with E-state index in [4.69, 9.17) is 0 Å². The van der Waals surface area contributed by atoms with Gasteiger partial charge >= 0.3 is 0 Å². The molecule has 27 heavy (non-hydrogen) atoms. The van der Waals surface area contributed by atoms with Gasteiger partial charge in [0.2, 0.25) is 0 Å². The summed E-state index contributed by atoms with van der Waals surface area (Å²) in [6, 6.07) is 25.2. The number of benzene rings is 4. The Morgan fingerprint density at radius 2 is 1.56 bits per heavy atom. The highest BCUT2D eigenvalue weighted by Gasteiger charge is 2.14. The lowest BCUT2D eigenvalue weighted by Crippen LogP contribution is -1.91. The van der Waals surface area contributed by atoms with Gasteiger partial charge in [0.05, 0.1) is 10.4 Å². The Morgan fingerprint density at radius 1 is 0.778 bits per heavy atom. The van der Waals surface area contributed by atoms with Gasteiger partial charge in [-0.3, -0.25) is 15.1 Å². The van der Waals surface area contributed by atoms with Crippen LogP contribution in [0.2, 0.25) is 0 Å². The molecule has 0 unspecified atom stereocenters. The molecule has 0 N–H and O–H groups in total. The molecule has 5 aromatic rings. The summed E-state index contributed by atoms with van der Waals surface area (Å²) in [7, 11) is 0. The van der Waals surface area contributed by atoms with E-state index < -0.39 is 0 Å². The highest BCUT2D eigenvalue weighted by atomic mass is 16.6. The zero-order chi connectivity index (χ0) is 18.4. The fraction of sp³-hybridized carbons (Fsp3) is 0. The van der Waals surface area contributed by atoms with Crippen LogP contribution in [0.1, 0.15) is 0 Å². The molecule has 4 heteroatoms. The van der Waals surface area contributed by atoms with E-state index in [-0.39, 0.29) is 10.6 Å². The Bertz CT molecular complexity index is 1340. The summed E-state index contributed by atoms with van der Waals surface area (Å²) in [6.45, 7) is 0. The van der Waals surface area contributed by atoms with Crippen molar-refractivity contribution in [3.63, 3.8) is 0 Å². The van der Waals surface area contributed by atoms with Crippen molar-refractivity contribution < 1.29 is 4.92 Å². The minimum atomic E-state index is -0.361. The Labute approximate surface area is 154 Å². The third-order valence-electron chi connectivity index (χ3n) is 4.96. The number of para-hydroxylation sites is 1. The average Bonchev–Trinajstić information content (AvgIpc) is 2.72. The largest absolute Gasteiger partial charge is 0.270 e. The molecule has 0 aliphatic heterocycles. The summed E-state index contributed by atoms with van der Waals surface area (Å²) in [4.78, 5) is 15.5. The second kappa shape index (κ2) is 5.88. The van der Waals surface area contributed by atoms with Crippen molar-refractivity contribution in [2.75, 3.05) is 0 Å². The van der Waals surface area contributed by atoms with Crippen LogP contribution in [0.15, 0.2) is 85.1 Å². The number of fused-ring (bicyclic) bond motifs is 5. The second-order valence-electron chi connectivity index (χ2n) is 6.52. The molecule has 4 aromatic carbocycles. The number of nitro groups is 1. The molecule has 0 bridgehead atoms. The summed E-state index contributed by atoms with van der Waals surface area (Å²) >= 11 is 0. The maximum Gasteiger partial charge on any atom is 0.270 e. The van der Waals surface area contributed by atoms with E-state index in [1.807, 2.05) is 42.6 Å². The molecule has 0 aliphatic carbocycles. The lowest BCUT2D eigenvalue weighted by Gasteiger charge is -2.13. The molecule has 4 nitrogen and oxygen atoms in total. The maximum atomic E-state index is 11.2. The van der Waals surface area contributed by atoms with E-state index in [1.54, 1.807) is 12.1 Å². The molecule has 0 fully saturated rings. The topological polar surface area (TPSA) is 56.0 Å². The molecule has 1 heterocycles. The van der Waals surface area contributed by atoms with Gasteiger partial charge in [-0.2, -0.15) is 0 Å². The van der Waals surface area contributed by atoms with Crippen LogP contribution in [0.25, 0.3) is 43.6 Å². The third-order valence-corrected chi connectivity index (χ3v) is 4.96. The lowest BCUT2D eigenvalue weighted by molar-refractivity contribution is -0.384. The van der Waals surface area contributed by atoms with E-state index in [0.717, 1.165) is 43.6 Å². The summed E-state index contributed by atoms with van der Waals surface area (Å²) < 4.78 is 0. The Morgan fingerprint density at radius 3 is 2.41 bits per heavy atom. The fourth-order valence-corrected chi connectivity index (χ4v) is 3.75. The van der Waals surface area contributed by atoms with E-state index in [9.17, 15) is 10.1 Å². The van der Waals surface area contributed by atoms with E-state index in [2.05, 4.69) is 29.2 Å². The summed E-state index contributed by atoms with van der Waals surface area (Å²) in [5.74, 6) is 0. The van der Waals surface area contributed by atoms with Gasteiger partial charge < -0.3 is 0 Å². The van der Waals surface area contributed by atoms with Gasteiger partial charge in [0.25, 0.3) is 5.69 Å². The Kier molecular flexibility index (Phi) is 3.37. The molecule has 0 saturated carbocycles. The fourth-order valence-electron chi connectivity index (χ4n) is 3.75. The second-order valence-corrected chi connectivity index (χ2v) is 6.52. The molecule has 0 atom stereocenters. The van der Waals surface area contributed by atoms with Crippen molar-refractivity contribution in [3.05, 3.63) is 95.2 Å². The van der Waals surface area contributed by atoms with E-state index in [0.29, 0.717) is 0 Å². The predicted molar refractivity (Wildman–Crippen MR) is 109 cm³/mol. The molecule has 128 valence electrons. The first-order valence-electron chi connectivity index (χ1n) is 8.66. The zero-order valence-electron chi connectivity index (χ0n) is 14.3. The van der Waals surface area contributed by atoms with Crippen LogP contribution in [0.4, 0.5) is 5.69 Å². The number of hydrogen-bond donors (Lipinski definition) is 0. The normalized spacial score (nSPS) is 11.3. The minimum Gasteiger partial charge on any atom is -0.258 e. The highest BCUT2D eigenvalue weighted by molar-refractivity contribution is 6.23. The van der Waals surface area contributed by atoms with Crippen LogP contribution < -0.4 is 0 Å². The summed E-state index contributed by atoms with van der Waals surface area (Å²) in [5.41, 5.74) is 2.79. The van der Waals surface area contributed by atoms with Crippen molar-refractivity contribution in [1.29, 1.82) is 0 Å². The van der Waals surface area contributed by atoms with Gasteiger partial charge in [-0.15, -0.1) is 0 Å². The van der Waals surface area contributed by atoms with Gasteiger partial charge in [-0.25, -0.2) is 0 Å². The zero-order valence-corrected chi connectivity index (χ0v) is 14.3. The predicted octanol–water partition coefficient (Wildman–Crippen LogP) is 6.12. The molecule has 1 aromatic heterocycles. The first-order valence-corrected chi connectivity index (χ1v) is 8.66. The number of nitro benzene ring substituents is 1. The first kappa shape index (κ1) is 15.5. The van der Waals surface area contributed by atoms with Gasteiger partial charge in [-0.1, -0.05) is 54.6 Å². The SMILES string of the molecule is O=[N+]([O-])c1cccc(-c2cc3ccccc3c3c2cnc2ccccc23)c1. The summed E-state index contributed by atoms with van der Waals surface area (Å²) in [6.07, 6.45) is 1.87. The van der Waals surface area contributed by atoms with Crippen molar-refractivity contribution >= 4 is 38.1 Å². The van der Waals surface area contributed by atoms with Gasteiger partial charge in [0.1, 0.15) is 0 Å². The van der Waals surface area contributed by atoms with E-state index in [1.165, 1.54) is 6.07 Å². The van der Waals surface area contributed by atoms with E-state index >= 15 is 0 Å². The lowest BCUT2D eigenvalue weighted by atomic mass is 9.92. The monoisotopic (exact) mass is 350 g/mol. The third kappa shape index (κ3) is 2.42. The number of aromatic nitrogens is 1. The van der Waals surface area contributed by atoms with Crippen LogP contribution in [0, 0.1) is 10.1 Å². The standard InChI is InChI=1S/C23H14N2O2/c26-25(27)17-8-5-7-15(12-17)20-13-16-6-1-2-9-18(16)23-19-10-3-4-11-22(19)24-14-21(20)23/h1-14H. The molecule has 0 aliphatic rings. The number of hydrogen-bond acceptors (Lipinski definition) is 3. The number of non-ortho nitro benzene ring substituents is 1. The van der Waals surface area contributed by atoms with Crippen molar-refractivity contribution in [2.24, 2.45) is 0 Å². The smallest absolute Gasteiger partial charge is 0.258 e. The van der Waals surface area contributed by atoms with Crippen LogP contribution in [-0.4, -0.2) is 9.91 Å². The number of nitrogens with zero attached hydrogens (tertiary/aromatic N) is 2. The average molecular weight is 350 g/mol. The van der Waals surface area contributed by atoms with Gasteiger partial charge in [-0.05, 0) is 34.0 Å². The number of rotatable bonds is 2. The molecular weight excluding hydrogens is 336 g/mol. The Hall–Kier alpha value is -3.79. The molecule has 0 radical (unpaired) electrons. The van der Waals surface area contributed by atoms with Crippen molar-refractivity contribution in [1.82, 2.24) is 4.98 Å². The molecule has 5 rings (SSSR count). The molecule has 0 saturated heterocycles. The van der Waals surface area contributed by atoms with Gasteiger partial charge in [0, 0.05) is 34.5 Å². The molecule has 0 amide bonds. The Balaban J connectivity index is 1.97. The molecular formula is C23H14N2O2. The van der Waals surface area contributed by atoms with Crippen LogP contribution in [-0.2, 0) is 0 Å². The van der Waals surface area contributed by atoms with Crippen molar-refractivity contribution in [3.8, 4) is 11.1 Å². The summed E-state index contributed by atoms with van der Waals surface area (Å²) in [5, 5.41) is 16.7. The van der Waals surface area contributed by atoms with Crippen molar-refractivity contribution in [2.45, 2.75) is 0 Å². The van der Waals surface area contributed by atoms with Crippen LogP contribution in [0.5, 0.6) is 0 Å². The van der Waals surface area contributed by atoms with Crippen LogP contribution in [0.3, 0.4) is 0 Å². The molecule has 0 spiro atoms. The first-order chi connectivity index (χ1) is 13.2. The minimum absolute atomic E-state index is 0.0857. The number of pyridine rings is 1. The van der Waals surface area contributed by atoms with Gasteiger partial charge in [0.15, 0.2) is 0 Å². The van der Waals surface area contributed by atoms with Crippen LogP contribution >= 0.6 is 0 Å². The quantitative estimate of drug-likeness (QED) is 0.219. The maximum absolute atomic E-state index is 11.2. The highest BCUT2D eigenvalue weighted by Crippen LogP contribution is 2.38.